The van der Waals surface area contributed by atoms with Crippen LogP contribution in [0.3, 0.4) is 0 Å². The molecular formula is C32H33F3N6O5S. The van der Waals surface area contributed by atoms with Gasteiger partial charge in [0.25, 0.3) is 11.6 Å². The molecule has 15 heteroatoms. The fourth-order valence-corrected chi connectivity index (χ4v) is 8.07. The second kappa shape index (κ2) is 11.6. The van der Waals surface area contributed by atoms with Crippen molar-refractivity contribution >= 4 is 49.6 Å². The van der Waals surface area contributed by atoms with E-state index in [1.54, 1.807) is 20.8 Å². The predicted molar refractivity (Wildman–Crippen MR) is 171 cm³/mol. The minimum Gasteiger partial charge on any atom is -0.463 e. The van der Waals surface area contributed by atoms with E-state index in [2.05, 4.69) is 30.2 Å². The SMILES string of the molecule is CN=Cc1c(NC(=O)OC(C)(C)C)sc2c(F)cnc(-c3c4c(c5c(=O)[nH]c(OC[C@@]67CCCN6C[C@H](F)C7)nc5c3F)COC4)c12. The monoisotopic (exact) mass is 670 g/mol. The normalized spacial score (nSPS) is 21.2. The number of alkyl halides is 1. The summed E-state index contributed by atoms with van der Waals surface area (Å²) in [6.07, 6.45) is 2.65. The van der Waals surface area contributed by atoms with Gasteiger partial charge in [-0.15, -0.1) is 11.3 Å². The highest BCUT2D eigenvalue weighted by atomic mass is 32.1. The Morgan fingerprint density at radius 3 is 2.85 bits per heavy atom. The van der Waals surface area contributed by atoms with Crippen LogP contribution < -0.4 is 15.6 Å². The number of fused-ring (bicyclic) bond motifs is 5. The van der Waals surface area contributed by atoms with Crippen LogP contribution in [0.1, 0.15) is 56.7 Å². The lowest BCUT2D eigenvalue weighted by Gasteiger charge is -2.30. The van der Waals surface area contributed by atoms with Crippen molar-refractivity contribution in [1.82, 2.24) is 19.9 Å². The van der Waals surface area contributed by atoms with Crippen LogP contribution in [0.5, 0.6) is 6.01 Å². The molecule has 4 aromatic rings. The molecule has 0 radical (unpaired) electrons. The minimum atomic E-state index is -0.968. The quantitative estimate of drug-likeness (QED) is 0.244. The number of rotatable bonds is 6. The number of nitrogens with one attached hydrogen (secondary N) is 2. The lowest BCUT2D eigenvalue weighted by atomic mass is 9.94. The summed E-state index contributed by atoms with van der Waals surface area (Å²) < 4.78 is 63.7. The molecule has 248 valence electrons. The van der Waals surface area contributed by atoms with Crippen LogP contribution in [-0.4, -0.2) is 76.2 Å². The van der Waals surface area contributed by atoms with Gasteiger partial charge in [-0.3, -0.25) is 30.0 Å². The molecule has 11 nitrogen and oxygen atoms in total. The van der Waals surface area contributed by atoms with Gasteiger partial charge in [-0.25, -0.2) is 18.0 Å². The predicted octanol–water partition coefficient (Wildman–Crippen LogP) is 5.86. The third-order valence-electron chi connectivity index (χ3n) is 8.84. The Kier molecular flexibility index (Phi) is 7.75. The number of halogens is 3. The minimum absolute atomic E-state index is 0.0111. The molecule has 2 N–H and O–H groups in total. The van der Waals surface area contributed by atoms with Crippen molar-refractivity contribution < 1.29 is 32.2 Å². The highest BCUT2D eigenvalue weighted by Gasteiger charge is 2.49. The van der Waals surface area contributed by atoms with Gasteiger partial charge < -0.3 is 14.2 Å². The van der Waals surface area contributed by atoms with E-state index in [-0.39, 0.29) is 63.1 Å². The number of anilines is 1. The van der Waals surface area contributed by atoms with Gasteiger partial charge in [-0.1, -0.05) is 0 Å². The molecule has 2 atom stereocenters. The first-order chi connectivity index (χ1) is 22.4. The van der Waals surface area contributed by atoms with Crippen LogP contribution in [0, 0.1) is 11.6 Å². The van der Waals surface area contributed by atoms with Gasteiger partial charge >= 0.3 is 6.09 Å². The molecule has 47 heavy (non-hydrogen) atoms. The summed E-state index contributed by atoms with van der Waals surface area (Å²) in [6, 6.07) is -0.190. The van der Waals surface area contributed by atoms with Crippen LogP contribution in [0.25, 0.3) is 32.2 Å². The summed E-state index contributed by atoms with van der Waals surface area (Å²) in [5.74, 6) is -1.54. The molecule has 7 rings (SSSR count). The van der Waals surface area contributed by atoms with Gasteiger partial charge in [0.1, 0.15) is 28.9 Å². The molecule has 3 aliphatic rings. The van der Waals surface area contributed by atoms with Gasteiger partial charge in [0, 0.05) is 42.7 Å². The number of H-pyrrole nitrogens is 1. The summed E-state index contributed by atoms with van der Waals surface area (Å²) in [7, 11) is 1.51. The molecule has 1 aromatic carbocycles. The van der Waals surface area contributed by atoms with E-state index in [0.29, 0.717) is 29.7 Å². The van der Waals surface area contributed by atoms with E-state index in [1.165, 1.54) is 13.3 Å². The van der Waals surface area contributed by atoms with E-state index >= 15 is 8.78 Å². The zero-order valence-electron chi connectivity index (χ0n) is 26.3. The van der Waals surface area contributed by atoms with Crippen molar-refractivity contribution in [2.45, 2.75) is 70.6 Å². The van der Waals surface area contributed by atoms with Crippen LogP contribution in [0.15, 0.2) is 16.0 Å². The molecule has 3 aromatic heterocycles. The van der Waals surface area contributed by atoms with Crippen LogP contribution >= 0.6 is 11.3 Å². The average Bonchev–Trinajstić information content (AvgIpc) is 3.76. The average molecular weight is 671 g/mol. The number of thiophene rings is 1. The number of pyridine rings is 1. The van der Waals surface area contributed by atoms with Gasteiger partial charge in [0.2, 0.25) is 0 Å². The molecule has 2 saturated heterocycles. The number of aromatic amines is 1. The molecule has 0 saturated carbocycles. The zero-order chi connectivity index (χ0) is 33.2. The van der Waals surface area contributed by atoms with E-state index in [9.17, 15) is 14.0 Å². The Balaban J connectivity index is 1.37. The zero-order valence-corrected chi connectivity index (χ0v) is 27.1. The van der Waals surface area contributed by atoms with Gasteiger partial charge in [-0.2, -0.15) is 4.98 Å². The Morgan fingerprint density at radius 1 is 1.30 bits per heavy atom. The second-order valence-corrected chi connectivity index (χ2v) is 14.1. The molecule has 0 spiro atoms. The molecule has 1 amide bonds. The second-order valence-electron chi connectivity index (χ2n) is 13.1. The first-order valence-electron chi connectivity index (χ1n) is 15.3. The summed E-state index contributed by atoms with van der Waals surface area (Å²) in [4.78, 5) is 43.7. The fraction of sp³-hybridized carbons (Fsp3) is 0.469. The van der Waals surface area contributed by atoms with Crippen molar-refractivity contribution in [3.8, 4) is 17.3 Å². The largest absolute Gasteiger partial charge is 0.463 e. The van der Waals surface area contributed by atoms with E-state index in [1.807, 2.05) is 0 Å². The first-order valence-corrected chi connectivity index (χ1v) is 16.1. The first kappa shape index (κ1) is 31.5. The number of hydrogen-bond donors (Lipinski definition) is 2. The smallest absolute Gasteiger partial charge is 0.412 e. The number of amides is 1. The molecular weight excluding hydrogens is 637 g/mol. The summed E-state index contributed by atoms with van der Waals surface area (Å²) in [5.41, 5.74) is -0.993. The van der Waals surface area contributed by atoms with Gasteiger partial charge in [0.15, 0.2) is 11.6 Å². The van der Waals surface area contributed by atoms with E-state index < -0.39 is 40.6 Å². The maximum absolute atomic E-state index is 16.9. The number of carbonyl (C=O) groups excluding carboxylic acids is 1. The topological polar surface area (TPSA) is 131 Å². The molecule has 3 aliphatic heterocycles. The molecule has 0 aliphatic carbocycles. The Morgan fingerprint density at radius 2 is 2.09 bits per heavy atom. The van der Waals surface area contributed by atoms with E-state index in [0.717, 1.165) is 36.9 Å². The highest BCUT2D eigenvalue weighted by molar-refractivity contribution is 7.23. The number of benzene rings is 1. The Hall–Kier alpha value is -4.08. The van der Waals surface area contributed by atoms with Crippen molar-refractivity contribution in [2.75, 3.05) is 32.1 Å². The Labute approximate surface area is 271 Å². The number of aliphatic imine (C=N–C) groups is 1. The lowest BCUT2D eigenvalue weighted by molar-refractivity contribution is 0.0636. The summed E-state index contributed by atoms with van der Waals surface area (Å²) in [6.45, 7) is 6.31. The van der Waals surface area contributed by atoms with Gasteiger partial charge in [0.05, 0.1) is 40.7 Å². The standard InChI is InChI=1S/C32H33F3N6O5S/c1-31(2,3)46-30(43)40-28-16(9-36-4)21-24(37-10-19(34)26(21)47-28)20-17-12-44-13-18(17)22-25(23(20)35)38-29(39-27(22)42)45-14-32-6-5-7-41(32)11-15(33)8-32/h9-10,15H,5-8,11-14H2,1-4H3,(H,40,43)(H,38,39,42)/t15-,32+/m1/s1. The van der Waals surface area contributed by atoms with Crippen molar-refractivity contribution in [2.24, 2.45) is 4.99 Å². The number of hydrogen-bond acceptors (Lipinski definition) is 10. The lowest BCUT2D eigenvalue weighted by Crippen LogP contribution is -2.43. The third kappa shape index (κ3) is 5.43. The number of nitrogens with zero attached hydrogens (tertiary/aromatic N) is 4. The summed E-state index contributed by atoms with van der Waals surface area (Å²) in [5, 5.41) is 3.12. The maximum atomic E-state index is 16.9. The van der Waals surface area contributed by atoms with Crippen molar-refractivity contribution in [3.05, 3.63) is 44.9 Å². The van der Waals surface area contributed by atoms with Crippen molar-refractivity contribution in [1.29, 1.82) is 0 Å². The van der Waals surface area contributed by atoms with Crippen molar-refractivity contribution in [3.63, 3.8) is 0 Å². The molecule has 2 fully saturated rings. The Bertz CT molecular complexity index is 2020. The highest BCUT2D eigenvalue weighted by Crippen LogP contribution is 2.45. The fourth-order valence-electron chi connectivity index (χ4n) is 7.01. The van der Waals surface area contributed by atoms with Crippen LogP contribution in [0.2, 0.25) is 0 Å². The number of aromatic nitrogens is 3. The third-order valence-corrected chi connectivity index (χ3v) is 9.97. The number of carbonyl (C=O) groups is 1. The van der Waals surface area contributed by atoms with Crippen LogP contribution in [0.4, 0.5) is 23.0 Å². The van der Waals surface area contributed by atoms with Crippen LogP contribution in [-0.2, 0) is 22.7 Å². The maximum Gasteiger partial charge on any atom is 0.412 e. The molecule has 0 unspecified atom stereocenters. The summed E-state index contributed by atoms with van der Waals surface area (Å²) >= 11 is 0.934. The van der Waals surface area contributed by atoms with E-state index in [4.69, 9.17) is 14.2 Å². The molecule has 0 bridgehead atoms. The molecule has 6 heterocycles. The number of ether oxygens (including phenoxy) is 3. The van der Waals surface area contributed by atoms with Gasteiger partial charge in [-0.05, 0) is 51.3 Å².